The van der Waals surface area contributed by atoms with Gasteiger partial charge >= 0.3 is 0 Å². The maximum Gasteiger partial charge on any atom is 0.231 e. The molecule has 1 aliphatic heterocycles. The summed E-state index contributed by atoms with van der Waals surface area (Å²) < 4.78 is 15.7. The molecule has 0 spiro atoms. The zero-order valence-corrected chi connectivity index (χ0v) is 11.5. The van der Waals surface area contributed by atoms with Crippen molar-refractivity contribution in [1.29, 1.82) is 5.26 Å². The van der Waals surface area contributed by atoms with Crippen LogP contribution in [0.15, 0.2) is 42.5 Å². The second-order valence-electron chi connectivity index (χ2n) is 4.51. The molecule has 0 aliphatic carbocycles. The van der Waals surface area contributed by atoms with Gasteiger partial charge in [-0.25, -0.2) is 0 Å². The molecule has 0 saturated heterocycles. The van der Waals surface area contributed by atoms with Gasteiger partial charge in [-0.05, 0) is 47.5 Å². The maximum absolute atomic E-state index is 9.38. The number of ether oxygens (including phenoxy) is 3. The Morgan fingerprint density at radius 3 is 2.62 bits per heavy atom. The Morgan fingerprint density at radius 1 is 1.14 bits per heavy atom. The molecule has 0 saturated carbocycles. The molecule has 0 fully saturated rings. The number of nitrogens with zero attached hydrogens (tertiary/aromatic N) is 1. The molecule has 2 aromatic rings. The van der Waals surface area contributed by atoms with Crippen LogP contribution in [0, 0.1) is 11.3 Å². The molecule has 0 radical (unpaired) electrons. The second kappa shape index (κ2) is 5.59. The van der Waals surface area contributed by atoms with Crippen LogP contribution in [0.3, 0.4) is 0 Å². The lowest BCUT2D eigenvalue weighted by Gasteiger charge is -2.03. The van der Waals surface area contributed by atoms with Crippen LogP contribution in [0.25, 0.3) is 11.6 Å². The average Bonchev–Trinajstić information content (AvgIpc) is 3.00. The third kappa shape index (κ3) is 2.67. The quantitative estimate of drug-likeness (QED) is 0.637. The van der Waals surface area contributed by atoms with Crippen molar-refractivity contribution in [3.05, 3.63) is 53.6 Å². The number of benzene rings is 2. The van der Waals surface area contributed by atoms with Gasteiger partial charge in [0.05, 0.1) is 18.8 Å². The first-order valence-corrected chi connectivity index (χ1v) is 6.46. The predicted molar refractivity (Wildman–Crippen MR) is 79.0 cm³/mol. The van der Waals surface area contributed by atoms with Gasteiger partial charge in [-0.1, -0.05) is 12.1 Å². The molecule has 0 atom stereocenters. The van der Waals surface area contributed by atoms with E-state index in [1.54, 1.807) is 7.11 Å². The monoisotopic (exact) mass is 279 g/mol. The molecular formula is C17H13NO3. The molecule has 0 aromatic heterocycles. The Hall–Kier alpha value is -2.93. The lowest BCUT2D eigenvalue weighted by molar-refractivity contribution is 0.174. The van der Waals surface area contributed by atoms with Gasteiger partial charge in [0.2, 0.25) is 6.79 Å². The van der Waals surface area contributed by atoms with E-state index in [9.17, 15) is 5.26 Å². The molecule has 104 valence electrons. The van der Waals surface area contributed by atoms with Crippen LogP contribution in [0.5, 0.6) is 17.2 Å². The van der Waals surface area contributed by atoms with E-state index in [2.05, 4.69) is 6.07 Å². The standard InChI is InChI=1S/C17H13NO3/c1-19-15-5-2-12(3-6-15)8-14(10-18)13-4-7-16-17(9-13)21-11-20-16/h2-9H,11H2,1H3/b14-8-. The minimum Gasteiger partial charge on any atom is -0.497 e. The van der Waals surface area contributed by atoms with Crippen molar-refractivity contribution in [3.63, 3.8) is 0 Å². The van der Waals surface area contributed by atoms with Crippen LogP contribution >= 0.6 is 0 Å². The van der Waals surface area contributed by atoms with E-state index < -0.39 is 0 Å². The number of nitriles is 1. The average molecular weight is 279 g/mol. The van der Waals surface area contributed by atoms with Crippen LogP contribution in [0.2, 0.25) is 0 Å². The number of rotatable bonds is 3. The second-order valence-corrected chi connectivity index (χ2v) is 4.51. The van der Waals surface area contributed by atoms with Crippen molar-refractivity contribution in [2.75, 3.05) is 13.9 Å². The van der Waals surface area contributed by atoms with Gasteiger partial charge in [0, 0.05) is 0 Å². The van der Waals surface area contributed by atoms with Gasteiger partial charge in [-0.15, -0.1) is 0 Å². The topological polar surface area (TPSA) is 51.5 Å². The Bertz CT molecular complexity index is 727. The highest BCUT2D eigenvalue weighted by molar-refractivity contribution is 5.90. The molecular weight excluding hydrogens is 266 g/mol. The zero-order chi connectivity index (χ0) is 14.7. The fourth-order valence-electron chi connectivity index (χ4n) is 2.11. The lowest BCUT2D eigenvalue weighted by Crippen LogP contribution is -1.92. The number of hydrogen-bond donors (Lipinski definition) is 0. The van der Waals surface area contributed by atoms with Crippen LogP contribution in [0.1, 0.15) is 11.1 Å². The molecule has 1 aliphatic rings. The van der Waals surface area contributed by atoms with Gasteiger partial charge in [-0.2, -0.15) is 5.26 Å². The van der Waals surface area contributed by atoms with Gasteiger partial charge in [0.25, 0.3) is 0 Å². The van der Waals surface area contributed by atoms with Crippen LogP contribution < -0.4 is 14.2 Å². The fraction of sp³-hybridized carbons (Fsp3) is 0.118. The highest BCUT2D eigenvalue weighted by atomic mass is 16.7. The van der Waals surface area contributed by atoms with Gasteiger partial charge in [0.15, 0.2) is 11.5 Å². The highest BCUT2D eigenvalue weighted by Gasteiger charge is 2.14. The number of allylic oxidation sites excluding steroid dienone is 1. The van der Waals surface area contributed by atoms with Crippen molar-refractivity contribution in [1.82, 2.24) is 0 Å². The van der Waals surface area contributed by atoms with Gasteiger partial charge in [-0.3, -0.25) is 0 Å². The first kappa shape index (κ1) is 13.1. The smallest absolute Gasteiger partial charge is 0.231 e. The summed E-state index contributed by atoms with van der Waals surface area (Å²) in [7, 11) is 1.62. The molecule has 4 heteroatoms. The summed E-state index contributed by atoms with van der Waals surface area (Å²) in [4.78, 5) is 0. The number of fused-ring (bicyclic) bond motifs is 1. The third-order valence-corrected chi connectivity index (χ3v) is 3.23. The largest absolute Gasteiger partial charge is 0.497 e. The van der Waals surface area contributed by atoms with E-state index in [0.29, 0.717) is 17.1 Å². The SMILES string of the molecule is COc1ccc(/C=C(/C#N)c2ccc3c(c2)OCO3)cc1. The van der Waals surface area contributed by atoms with Crippen LogP contribution in [0.4, 0.5) is 0 Å². The number of methoxy groups -OCH3 is 1. The van der Waals surface area contributed by atoms with Crippen molar-refractivity contribution < 1.29 is 14.2 Å². The molecule has 4 nitrogen and oxygen atoms in total. The Morgan fingerprint density at radius 2 is 1.90 bits per heavy atom. The third-order valence-electron chi connectivity index (χ3n) is 3.23. The zero-order valence-electron chi connectivity index (χ0n) is 11.5. The molecule has 0 amide bonds. The summed E-state index contributed by atoms with van der Waals surface area (Å²) in [5.74, 6) is 2.16. The fourth-order valence-corrected chi connectivity index (χ4v) is 2.11. The van der Waals surface area contributed by atoms with E-state index in [-0.39, 0.29) is 6.79 Å². The summed E-state index contributed by atoms with van der Waals surface area (Å²) in [5.41, 5.74) is 2.31. The van der Waals surface area contributed by atoms with E-state index in [1.807, 2.05) is 48.5 Å². The summed E-state index contributed by atoms with van der Waals surface area (Å²) in [6, 6.07) is 15.2. The normalized spacial score (nSPS) is 12.9. The minimum atomic E-state index is 0.225. The highest BCUT2D eigenvalue weighted by Crippen LogP contribution is 2.34. The summed E-state index contributed by atoms with van der Waals surface area (Å²) >= 11 is 0. The summed E-state index contributed by atoms with van der Waals surface area (Å²) in [5, 5.41) is 9.38. The molecule has 0 N–H and O–H groups in total. The van der Waals surface area contributed by atoms with Gasteiger partial charge in [0.1, 0.15) is 5.75 Å². The summed E-state index contributed by atoms with van der Waals surface area (Å²) in [6.07, 6.45) is 1.83. The predicted octanol–water partition coefficient (Wildman–Crippen LogP) is 3.49. The Kier molecular flexibility index (Phi) is 3.48. The summed E-state index contributed by atoms with van der Waals surface area (Å²) in [6.45, 7) is 0.225. The molecule has 1 heterocycles. The first-order valence-electron chi connectivity index (χ1n) is 6.46. The van der Waals surface area contributed by atoms with Crippen molar-refractivity contribution >= 4 is 11.6 Å². The Balaban J connectivity index is 1.94. The van der Waals surface area contributed by atoms with E-state index in [0.717, 1.165) is 16.9 Å². The minimum absolute atomic E-state index is 0.225. The first-order chi connectivity index (χ1) is 10.3. The van der Waals surface area contributed by atoms with Crippen LogP contribution in [-0.2, 0) is 0 Å². The molecule has 0 unspecified atom stereocenters. The molecule has 3 rings (SSSR count). The van der Waals surface area contributed by atoms with Crippen molar-refractivity contribution in [3.8, 4) is 23.3 Å². The molecule has 0 bridgehead atoms. The maximum atomic E-state index is 9.38. The Labute approximate surface area is 122 Å². The molecule has 21 heavy (non-hydrogen) atoms. The molecule has 2 aromatic carbocycles. The van der Waals surface area contributed by atoms with Crippen molar-refractivity contribution in [2.45, 2.75) is 0 Å². The van der Waals surface area contributed by atoms with Crippen molar-refractivity contribution in [2.24, 2.45) is 0 Å². The van der Waals surface area contributed by atoms with E-state index in [4.69, 9.17) is 14.2 Å². The number of hydrogen-bond acceptors (Lipinski definition) is 4. The van der Waals surface area contributed by atoms with E-state index in [1.165, 1.54) is 0 Å². The van der Waals surface area contributed by atoms with Crippen LogP contribution in [-0.4, -0.2) is 13.9 Å². The van der Waals surface area contributed by atoms with Gasteiger partial charge < -0.3 is 14.2 Å². The lowest BCUT2D eigenvalue weighted by atomic mass is 10.0. The van der Waals surface area contributed by atoms with E-state index >= 15 is 0 Å².